The Morgan fingerprint density at radius 2 is 2.00 bits per heavy atom. The summed E-state index contributed by atoms with van der Waals surface area (Å²) in [6.45, 7) is 7.17. The van der Waals surface area contributed by atoms with Gasteiger partial charge in [0.2, 0.25) is 0 Å². The van der Waals surface area contributed by atoms with Crippen molar-refractivity contribution in [2.24, 2.45) is 0 Å². The Bertz CT molecular complexity index is 1090. The Labute approximate surface area is 189 Å². The minimum absolute atomic E-state index is 0.0230. The van der Waals surface area contributed by atoms with Gasteiger partial charge in [0.15, 0.2) is 0 Å². The maximum Gasteiger partial charge on any atom is 0.272 e. The minimum atomic E-state index is -0.0286. The van der Waals surface area contributed by atoms with E-state index in [1.807, 2.05) is 9.47 Å². The minimum Gasteiger partial charge on any atom is -0.373 e. The van der Waals surface area contributed by atoms with Crippen LogP contribution in [0, 0.1) is 6.92 Å². The molecule has 166 valence electrons. The second kappa shape index (κ2) is 8.88. The molecular formula is C26H30N4O2. The zero-order valence-electron chi connectivity index (χ0n) is 18.7. The van der Waals surface area contributed by atoms with Crippen LogP contribution >= 0.6 is 0 Å². The maximum absolute atomic E-state index is 13.5. The van der Waals surface area contributed by atoms with Gasteiger partial charge in [-0.25, -0.2) is 4.98 Å². The molecule has 0 saturated carbocycles. The molecule has 6 nitrogen and oxygen atoms in total. The third-order valence-corrected chi connectivity index (χ3v) is 6.76. The second-order valence-electron chi connectivity index (χ2n) is 8.83. The summed E-state index contributed by atoms with van der Waals surface area (Å²) < 4.78 is 7.92. The van der Waals surface area contributed by atoms with Crippen molar-refractivity contribution in [3.8, 4) is 11.1 Å². The maximum atomic E-state index is 13.5. The molecule has 32 heavy (non-hydrogen) atoms. The molecule has 2 fully saturated rings. The van der Waals surface area contributed by atoms with Crippen LogP contribution in [0.3, 0.4) is 0 Å². The van der Waals surface area contributed by atoms with E-state index in [1.165, 1.54) is 22.3 Å². The fraction of sp³-hybridized carbons (Fsp3) is 0.385. The average Bonchev–Trinajstić information content (AvgIpc) is 3.33. The Balaban J connectivity index is 1.41. The number of hydrogen-bond donors (Lipinski definition) is 1. The molecule has 0 spiro atoms. The largest absolute Gasteiger partial charge is 0.373 e. The van der Waals surface area contributed by atoms with Gasteiger partial charge in [0.25, 0.3) is 5.91 Å². The predicted octanol–water partition coefficient (Wildman–Crippen LogP) is 3.67. The summed E-state index contributed by atoms with van der Waals surface area (Å²) in [6.07, 6.45) is 4.45. The number of imidazole rings is 1. The molecule has 0 bridgehead atoms. The number of piperidine rings is 1. The molecule has 3 atom stereocenters. The quantitative estimate of drug-likeness (QED) is 0.686. The van der Waals surface area contributed by atoms with Crippen LogP contribution in [0.25, 0.3) is 11.1 Å². The first-order valence-corrected chi connectivity index (χ1v) is 11.4. The predicted molar refractivity (Wildman–Crippen MR) is 125 cm³/mol. The molecule has 2 aliphatic rings. The van der Waals surface area contributed by atoms with Gasteiger partial charge in [0.05, 0.1) is 31.3 Å². The summed E-state index contributed by atoms with van der Waals surface area (Å²) in [5.74, 6) is 0.0230. The molecule has 3 unspecified atom stereocenters. The van der Waals surface area contributed by atoms with Crippen LogP contribution in [-0.2, 0) is 4.74 Å². The SMILES string of the molecule is Cc1ccc(-c2ccccc2C(C)n2cncc2C(=O)N2CCC3NCCOC3C2)cc1. The van der Waals surface area contributed by atoms with Gasteiger partial charge in [0, 0.05) is 25.7 Å². The van der Waals surface area contributed by atoms with Gasteiger partial charge in [-0.1, -0.05) is 54.1 Å². The Hall–Kier alpha value is -2.96. The first-order chi connectivity index (χ1) is 15.6. The van der Waals surface area contributed by atoms with E-state index in [1.54, 1.807) is 12.5 Å². The van der Waals surface area contributed by atoms with E-state index in [0.717, 1.165) is 19.5 Å². The standard InChI is InChI=1S/C26H30N4O2/c1-18-7-9-20(10-8-18)22-6-4-3-5-21(22)19(2)30-17-27-15-24(30)26(31)29-13-11-23-25(16-29)32-14-12-28-23/h3-10,15,17,19,23,25,28H,11-14,16H2,1-2H3. The lowest BCUT2D eigenvalue weighted by atomic mass is 9.94. The second-order valence-corrected chi connectivity index (χ2v) is 8.83. The molecule has 2 aromatic carbocycles. The van der Waals surface area contributed by atoms with Crippen molar-refractivity contribution in [2.75, 3.05) is 26.2 Å². The fourth-order valence-corrected chi connectivity index (χ4v) is 4.91. The number of amides is 1. The van der Waals surface area contributed by atoms with Gasteiger partial charge in [0.1, 0.15) is 5.69 Å². The van der Waals surface area contributed by atoms with Gasteiger partial charge in [-0.3, -0.25) is 4.79 Å². The van der Waals surface area contributed by atoms with Crippen molar-refractivity contribution < 1.29 is 9.53 Å². The van der Waals surface area contributed by atoms with Crippen molar-refractivity contribution in [1.82, 2.24) is 19.8 Å². The Morgan fingerprint density at radius 3 is 2.84 bits per heavy atom. The summed E-state index contributed by atoms with van der Waals surface area (Å²) in [5.41, 5.74) is 5.38. The molecule has 5 rings (SSSR count). The Kier molecular flexibility index (Phi) is 5.81. The number of likely N-dealkylation sites (tertiary alicyclic amines) is 1. The molecule has 0 radical (unpaired) electrons. The van der Waals surface area contributed by atoms with Gasteiger partial charge in [-0.2, -0.15) is 0 Å². The number of benzene rings is 2. The molecule has 2 saturated heterocycles. The topological polar surface area (TPSA) is 59.4 Å². The van der Waals surface area contributed by atoms with Crippen molar-refractivity contribution in [3.05, 3.63) is 77.9 Å². The van der Waals surface area contributed by atoms with Crippen LogP contribution in [0.15, 0.2) is 61.1 Å². The Morgan fingerprint density at radius 1 is 1.19 bits per heavy atom. The number of rotatable bonds is 4. The van der Waals surface area contributed by atoms with E-state index in [-0.39, 0.29) is 18.1 Å². The van der Waals surface area contributed by atoms with Crippen LogP contribution in [0.4, 0.5) is 0 Å². The van der Waals surface area contributed by atoms with E-state index in [9.17, 15) is 4.79 Å². The lowest BCUT2D eigenvalue weighted by molar-refractivity contribution is -0.0417. The molecule has 3 aromatic rings. The molecule has 1 aromatic heterocycles. The number of aromatic nitrogens is 2. The monoisotopic (exact) mass is 430 g/mol. The average molecular weight is 431 g/mol. The zero-order chi connectivity index (χ0) is 22.1. The third-order valence-electron chi connectivity index (χ3n) is 6.76. The molecule has 1 amide bonds. The summed E-state index contributed by atoms with van der Waals surface area (Å²) >= 11 is 0. The van der Waals surface area contributed by atoms with Gasteiger partial charge in [-0.05, 0) is 37.0 Å². The van der Waals surface area contributed by atoms with Crippen molar-refractivity contribution in [3.63, 3.8) is 0 Å². The molecule has 2 aliphatic heterocycles. The van der Waals surface area contributed by atoms with Crippen LogP contribution in [-0.4, -0.2) is 58.7 Å². The van der Waals surface area contributed by atoms with Crippen LogP contribution in [0.1, 0.15) is 41.0 Å². The highest BCUT2D eigenvalue weighted by atomic mass is 16.5. The van der Waals surface area contributed by atoms with Gasteiger partial charge >= 0.3 is 0 Å². The number of ether oxygens (including phenoxy) is 1. The van der Waals surface area contributed by atoms with Crippen molar-refractivity contribution in [2.45, 2.75) is 38.5 Å². The molecule has 0 aliphatic carbocycles. The van der Waals surface area contributed by atoms with Gasteiger partial charge < -0.3 is 19.5 Å². The van der Waals surface area contributed by atoms with Crippen molar-refractivity contribution >= 4 is 5.91 Å². The highest BCUT2D eigenvalue weighted by Gasteiger charge is 2.35. The van der Waals surface area contributed by atoms with E-state index in [4.69, 9.17) is 4.74 Å². The first kappa shape index (κ1) is 20.9. The first-order valence-electron chi connectivity index (χ1n) is 11.4. The van der Waals surface area contributed by atoms with Crippen LogP contribution in [0.5, 0.6) is 0 Å². The summed E-state index contributed by atoms with van der Waals surface area (Å²) in [6, 6.07) is 17.3. The van der Waals surface area contributed by atoms with Crippen molar-refractivity contribution in [1.29, 1.82) is 0 Å². The lowest BCUT2D eigenvalue weighted by Gasteiger charge is -2.41. The number of fused-ring (bicyclic) bond motifs is 1. The van der Waals surface area contributed by atoms with Crippen LogP contribution < -0.4 is 5.32 Å². The van der Waals surface area contributed by atoms with E-state index >= 15 is 0 Å². The lowest BCUT2D eigenvalue weighted by Crippen LogP contribution is -2.58. The summed E-state index contributed by atoms with van der Waals surface area (Å²) in [5, 5.41) is 3.51. The summed E-state index contributed by atoms with van der Waals surface area (Å²) in [4.78, 5) is 19.7. The smallest absolute Gasteiger partial charge is 0.272 e. The number of aryl methyl sites for hydroxylation is 1. The normalized spacial score (nSPS) is 21.8. The van der Waals surface area contributed by atoms with E-state index in [2.05, 4.69) is 72.7 Å². The number of carbonyl (C=O) groups excluding carboxylic acids is 1. The molecule has 6 heteroatoms. The highest BCUT2D eigenvalue weighted by molar-refractivity contribution is 5.92. The number of nitrogens with zero attached hydrogens (tertiary/aromatic N) is 3. The third kappa shape index (κ3) is 3.96. The number of morpholine rings is 1. The molecular weight excluding hydrogens is 400 g/mol. The fourth-order valence-electron chi connectivity index (χ4n) is 4.91. The zero-order valence-corrected chi connectivity index (χ0v) is 18.7. The number of carbonyl (C=O) groups is 1. The van der Waals surface area contributed by atoms with E-state index < -0.39 is 0 Å². The number of nitrogens with one attached hydrogen (secondary N) is 1. The van der Waals surface area contributed by atoms with Crippen LogP contribution in [0.2, 0.25) is 0 Å². The molecule has 1 N–H and O–H groups in total. The van der Waals surface area contributed by atoms with E-state index in [0.29, 0.717) is 24.9 Å². The summed E-state index contributed by atoms with van der Waals surface area (Å²) in [7, 11) is 0. The van der Waals surface area contributed by atoms with Gasteiger partial charge in [-0.15, -0.1) is 0 Å². The highest BCUT2D eigenvalue weighted by Crippen LogP contribution is 2.31. The number of hydrogen-bond acceptors (Lipinski definition) is 4. The molecule has 3 heterocycles.